The zero-order chi connectivity index (χ0) is 15.2. The Bertz CT molecular complexity index is 632. The van der Waals surface area contributed by atoms with E-state index in [1.165, 1.54) is 11.8 Å². The summed E-state index contributed by atoms with van der Waals surface area (Å²) in [5.41, 5.74) is 0.562. The topological polar surface area (TPSA) is 38.3 Å². The number of carbonyl (C=O) groups excluding carboxylic acids is 1. The Morgan fingerprint density at radius 3 is 2.48 bits per heavy atom. The molecule has 0 aliphatic rings. The predicted octanol–water partition coefficient (Wildman–Crippen LogP) is 4.73. The van der Waals surface area contributed by atoms with E-state index in [1.807, 2.05) is 12.1 Å². The molecule has 0 saturated heterocycles. The van der Waals surface area contributed by atoms with Crippen molar-refractivity contribution in [2.45, 2.75) is 4.90 Å². The molecule has 0 aliphatic carbocycles. The lowest BCUT2D eigenvalue weighted by atomic mass is 10.3. The zero-order valence-corrected chi connectivity index (χ0v) is 13.6. The van der Waals surface area contributed by atoms with Gasteiger partial charge in [-0.3, -0.25) is 4.79 Å². The van der Waals surface area contributed by atoms with Crippen LogP contribution < -0.4 is 10.1 Å². The van der Waals surface area contributed by atoms with Crippen molar-refractivity contribution >= 4 is 46.6 Å². The van der Waals surface area contributed by atoms with Gasteiger partial charge in [-0.25, -0.2) is 0 Å². The average molecular weight is 342 g/mol. The van der Waals surface area contributed by atoms with Crippen molar-refractivity contribution in [3.63, 3.8) is 0 Å². The molecule has 21 heavy (non-hydrogen) atoms. The van der Waals surface area contributed by atoms with Crippen LogP contribution in [0, 0.1) is 0 Å². The number of benzene rings is 2. The fraction of sp³-hybridized carbons (Fsp3) is 0.133. The molecular weight excluding hydrogens is 329 g/mol. The lowest BCUT2D eigenvalue weighted by Crippen LogP contribution is -2.14. The molecule has 1 N–H and O–H groups in total. The molecule has 0 spiro atoms. The molecule has 0 bridgehead atoms. The summed E-state index contributed by atoms with van der Waals surface area (Å²) in [7, 11) is 1.54. The third-order valence-electron chi connectivity index (χ3n) is 2.62. The van der Waals surface area contributed by atoms with Crippen molar-refractivity contribution in [3.05, 3.63) is 52.5 Å². The quantitative estimate of drug-likeness (QED) is 0.798. The Balaban J connectivity index is 1.95. The summed E-state index contributed by atoms with van der Waals surface area (Å²) < 4.78 is 5.18. The number of rotatable bonds is 5. The predicted molar refractivity (Wildman–Crippen MR) is 88.8 cm³/mol. The SMILES string of the molecule is COc1ccc(Cl)cc1NC(=O)CSc1ccc(Cl)cc1. The summed E-state index contributed by atoms with van der Waals surface area (Å²) in [6.07, 6.45) is 0. The van der Waals surface area contributed by atoms with Crippen LogP contribution in [0.5, 0.6) is 5.75 Å². The molecule has 3 nitrogen and oxygen atoms in total. The summed E-state index contributed by atoms with van der Waals surface area (Å²) >= 11 is 13.2. The van der Waals surface area contributed by atoms with Gasteiger partial charge in [0, 0.05) is 14.9 Å². The molecule has 2 aromatic rings. The number of anilines is 1. The molecule has 0 aromatic heterocycles. The minimum atomic E-state index is -0.129. The highest BCUT2D eigenvalue weighted by molar-refractivity contribution is 8.00. The molecule has 0 atom stereocenters. The van der Waals surface area contributed by atoms with E-state index in [-0.39, 0.29) is 11.7 Å². The van der Waals surface area contributed by atoms with Crippen LogP contribution >= 0.6 is 35.0 Å². The second-order valence-corrected chi connectivity index (χ2v) is 6.06. The number of halogens is 2. The number of ether oxygens (including phenoxy) is 1. The van der Waals surface area contributed by atoms with E-state index >= 15 is 0 Å². The third-order valence-corrected chi connectivity index (χ3v) is 4.12. The monoisotopic (exact) mass is 341 g/mol. The van der Waals surface area contributed by atoms with Crippen molar-refractivity contribution in [1.29, 1.82) is 0 Å². The van der Waals surface area contributed by atoms with E-state index in [4.69, 9.17) is 27.9 Å². The zero-order valence-electron chi connectivity index (χ0n) is 11.2. The minimum absolute atomic E-state index is 0.129. The van der Waals surface area contributed by atoms with Crippen LogP contribution in [0.1, 0.15) is 0 Å². The molecule has 110 valence electrons. The fourth-order valence-corrected chi connectivity index (χ4v) is 2.64. The van der Waals surface area contributed by atoms with Crippen LogP contribution in [0.2, 0.25) is 10.0 Å². The molecule has 2 aromatic carbocycles. The van der Waals surface area contributed by atoms with Gasteiger partial charge < -0.3 is 10.1 Å². The first kappa shape index (κ1) is 16.0. The maximum Gasteiger partial charge on any atom is 0.234 e. The van der Waals surface area contributed by atoms with Crippen molar-refractivity contribution in [2.24, 2.45) is 0 Å². The van der Waals surface area contributed by atoms with Crippen LogP contribution in [-0.2, 0) is 4.79 Å². The smallest absolute Gasteiger partial charge is 0.234 e. The molecule has 0 saturated carbocycles. The van der Waals surface area contributed by atoms with E-state index in [2.05, 4.69) is 5.32 Å². The van der Waals surface area contributed by atoms with Gasteiger partial charge in [0.2, 0.25) is 5.91 Å². The number of hydrogen-bond donors (Lipinski definition) is 1. The van der Waals surface area contributed by atoms with Crippen LogP contribution in [0.3, 0.4) is 0 Å². The normalized spacial score (nSPS) is 10.2. The number of amides is 1. The van der Waals surface area contributed by atoms with Gasteiger partial charge in [0.15, 0.2) is 0 Å². The van der Waals surface area contributed by atoms with Crippen molar-refractivity contribution < 1.29 is 9.53 Å². The molecule has 0 heterocycles. The number of carbonyl (C=O) groups is 1. The van der Waals surface area contributed by atoms with Crippen molar-refractivity contribution in [3.8, 4) is 5.75 Å². The van der Waals surface area contributed by atoms with Gasteiger partial charge in [-0.15, -0.1) is 11.8 Å². The van der Waals surface area contributed by atoms with Gasteiger partial charge in [0.1, 0.15) is 5.75 Å². The number of hydrogen-bond acceptors (Lipinski definition) is 3. The van der Waals surface area contributed by atoms with Gasteiger partial charge in [0.25, 0.3) is 0 Å². The van der Waals surface area contributed by atoms with E-state index in [0.717, 1.165) is 4.90 Å². The van der Waals surface area contributed by atoms with E-state index < -0.39 is 0 Å². The summed E-state index contributed by atoms with van der Waals surface area (Å²) in [5, 5.41) is 4.00. The van der Waals surface area contributed by atoms with Crippen molar-refractivity contribution in [2.75, 3.05) is 18.2 Å². The Hall–Kier alpha value is -1.36. The molecule has 0 unspecified atom stereocenters. The van der Waals surface area contributed by atoms with Crippen molar-refractivity contribution in [1.82, 2.24) is 0 Å². The second kappa shape index (κ2) is 7.59. The highest BCUT2D eigenvalue weighted by Crippen LogP contribution is 2.28. The Labute approximate surface area is 137 Å². The Morgan fingerprint density at radius 1 is 1.14 bits per heavy atom. The lowest BCUT2D eigenvalue weighted by Gasteiger charge is -2.10. The van der Waals surface area contributed by atoms with Gasteiger partial charge in [-0.1, -0.05) is 23.2 Å². The van der Waals surface area contributed by atoms with Crippen LogP contribution in [0.15, 0.2) is 47.4 Å². The van der Waals surface area contributed by atoms with Crippen LogP contribution in [-0.4, -0.2) is 18.8 Å². The lowest BCUT2D eigenvalue weighted by molar-refractivity contribution is -0.113. The average Bonchev–Trinajstić information content (AvgIpc) is 2.47. The number of nitrogens with one attached hydrogen (secondary N) is 1. The van der Waals surface area contributed by atoms with Gasteiger partial charge in [-0.2, -0.15) is 0 Å². The highest BCUT2D eigenvalue weighted by atomic mass is 35.5. The van der Waals surface area contributed by atoms with E-state index in [1.54, 1.807) is 37.4 Å². The maximum atomic E-state index is 12.0. The Kier molecular flexibility index (Phi) is 5.79. The van der Waals surface area contributed by atoms with Gasteiger partial charge >= 0.3 is 0 Å². The van der Waals surface area contributed by atoms with Crippen LogP contribution in [0.4, 0.5) is 5.69 Å². The van der Waals surface area contributed by atoms with Crippen LogP contribution in [0.25, 0.3) is 0 Å². The Morgan fingerprint density at radius 2 is 1.81 bits per heavy atom. The first-order valence-corrected chi connectivity index (χ1v) is 7.84. The highest BCUT2D eigenvalue weighted by Gasteiger charge is 2.09. The second-order valence-electron chi connectivity index (χ2n) is 4.14. The molecule has 2 rings (SSSR count). The molecular formula is C15H13Cl2NO2S. The van der Waals surface area contributed by atoms with E-state index in [9.17, 15) is 4.79 Å². The maximum absolute atomic E-state index is 12.0. The third kappa shape index (κ3) is 4.84. The van der Waals surface area contributed by atoms with Gasteiger partial charge in [0.05, 0.1) is 18.6 Å². The van der Waals surface area contributed by atoms with Gasteiger partial charge in [-0.05, 0) is 42.5 Å². The number of methoxy groups -OCH3 is 1. The molecule has 0 aliphatic heterocycles. The standard InChI is InChI=1S/C15H13Cl2NO2S/c1-20-14-7-4-11(17)8-13(14)18-15(19)9-21-12-5-2-10(16)3-6-12/h2-8H,9H2,1H3,(H,18,19). The first-order valence-electron chi connectivity index (χ1n) is 6.10. The first-order chi connectivity index (χ1) is 10.1. The fourth-order valence-electron chi connectivity index (χ4n) is 1.64. The summed E-state index contributed by atoms with van der Waals surface area (Å²) in [4.78, 5) is 13.0. The minimum Gasteiger partial charge on any atom is -0.495 e. The van der Waals surface area contributed by atoms with E-state index in [0.29, 0.717) is 21.5 Å². The molecule has 6 heteroatoms. The summed E-state index contributed by atoms with van der Waals surface area (Å²) in [6, 6.07) is 12.4. The molecule has 1 amide bonds. The largest absolute Gasteiger partial charge is 0.495 e. The molecule has 0 radical (unpaired) electrons. The molecule has 0 fully saturated rings. The summed E-state index contributed by atoms with van der Waals surface area (Å²) in [5.74, 6) is 0.733. The number of thioether (sulfide) groups is 1. The summed E-state index contributed by atoms with van der Waals surface area (Å²) in [6.45, 7) is 0.